The lowest BCUT2D eigenvalue weighted by molar-refractivity contribution is -0.126. The number of rotatable bonds is 8. The Balaban J connectivity index is 0. The van der Waals surface area contributed by atoms with E-state index in [1.807, 2.05) is 13.8 Å². The largest absolute Gasteiger partial charge is 0.346 e. The minimum atomic E-state index is -0.339. The van der Waals surface area contributed by atoms with Gasteiger partial charge in [0.15, 0.2) is 11.6 Å². The van der Waals surface area contributed by atoms with Gasteiger partial charge in [0.2, 0.25) is 11.8 Å². The van der Waals surface area contributed by atoms with Gasteiger partial charge in [-0.3, -0.25) is 19.2 Å². The van der Waals surface area contributed by atoms with E-state index in [0.717, 1.165) is 0 Å². The molecular formula is C17H30N2O4. The summed E-state index contributed by atoms with van der Waals surface area (Å²) in [7, 11) is 0. The molecule has 2 amide bonds. The van der Waals surface area contributed by atoms with Crippen LogP contribution in [-0.4, -0.2) is 35.5 Å². The predicted octanol–water partition coefficient (Wildman–Crippen LogP) is 1.93. The SMILES string of the molecule is CC=CC(=O)NC(CC)C(C)=O.CCC(=O)NC(CC)C(C)=O. The molecular weight excluding hydrogens is 296 g/mol. The van der Waals surface area contributed by atoms with Gasteiger partial charge in [-0.1, -0.05) is 26.8 Å². The Bertz CT molecular complexity index is 430. The van der Waals surface area contributed by atoms with Crippen molar-refractivity contribution in [2.24, 2.45) is 0 Å². The van der Waals surface area contributed by atoms with Crippen LogP contribution < -0.4 is 10.6 Å². The van der Waals surface area contributed by atoms with E-state index in [9.17, 15) is 19.2 Å². The average molecular weight is 326 g/mol. The van der Waals surface area contributed by atoms with Crippen LogP contribution >= 0.6 is 0 Å². The molecule has 0 heterocycles. The number of allylic oxidation sites excluding steroid dienone is 1. The molecule has 0 saturated heterocycles. The fourth-order valence-electron chi connectivity index (χ4n) is 1.65. The fraction of sp³-hybridized carbons (Fsp3) is 0.647. The summed E-state index contributed by atoms with van der Waals surface area (Å²) in [5.41, 5.74) is 0. The number of hydrogen-bond donors (Lipinski definition) is 2. The van der Waals surface area contributed by atoms with Crippen molar-refractivity contribution in [1.82, 2.24) is 10.6 Å². The third-order valence-corrected chi connectivity index (χ3v) is 3.09. The molecule has 0 aromatic carbocycles. The van der Waals surface area contributed by atoms with Crippen LogP contribution in [0.1, 0.15) is 60.8 Å². The van der Waals surface area contributed by atoms with Crippen molar-refractivity contribution in [1.29, 1.82) is 0 Å². The summed E-state index contributed by atoms with van der Waals surface area (Å²) < 4.78 is 0. The van der Waals surface area contributed by atoms with Gasteiger partial charge >= 0.3 is 0 Å². The number of carbonyl (C=O) groups is 4. The second kappa shape index (κ2) is 13.7. The van der Waals surface area contributed by atoms with Crippen molar-refractivity contribution in [2.45, 2.75) is 72.9 Å². The van der Waals surface area contributed by atoms with Crippen LogP contribution in [-0.2, 0) is 19.2 Å². The second-order valence-electron chi connectivity index (χ2n) is 5.07. The number of amides is 2. The van der Waals surface area contributed by atoms with Gasteiger partial charge < -0.3 is 10.6 Å². The zero-order chi connectivity index (χ0) is 18.4. The first-order chi connectivity index (χ1) is 10.7. The number of Topliss-reactive ketones (excluding diaryl/α,β-unsaturated/α-hetero) is 2. The molecule has 6 nitrogen and oxygen atoms in total. The lowest BCUT2D eigenvalue weighted by Gasteiger charge is -2.12. The van der Waals surface area contributed by atoms with Gasteiger partial charge in [0.1, 0.15) is 0 Å². The zero-order valence-electron chi connectivity index (χ0n) is 15.1. The summed E-state index contributed by atoms with van der Waals surface area (Å²) in [6.45, 7) is 10.2. The molecule has 0 aromatic rings. The minimum absolute atomic E-state index is 0.00430. The van der Waals surface area contributed by atoms with Gasteiger partial charge in [-0.05, 0) is 39.7 Å². The first-order valence-corrected chi connectivity index (χ1v) is 7.96. The number of nitrogens with one attached hydrogen (secondary N) is 2. The smallest absolute Gasteiger partial charge is 0.244 e. The van der Waals surface area contributed by atoms with E-state index < -0.39 is 0 Å². The third-order valence-electron chi connectivity index (χ3n) is 3.09. The average Bonchev–Trinajstić information content (AvgIpc) is 2.50. The maximum absolute atomic E-state index is 11.0. The summed E-state index contributed by atoms with van der Waals surface area (Å²) in [5, 5.41) is 5.22. The normalized spacial score (nSPS) is 12.6. The number of ketones is 2. The molecule has 2 unspecified atom stereocenters. The molecule has 0 spiro atoms. The molecule has 0 aromatic heterocycles. The highest BCUT2D eigenvalue weighted by molar-refractivity contribution is 5.92. The molecule has 0 fully saturated rings. The third kappa shape index (κ3) is 12.3. The maximum atomic E-state index is 11.0. The molecule has 0 bridgehead atoms. The summed E-state index contributed by atoms with van der Waals surface area (Å²) >= 11 is 0. The van der Waals surface area contributed by atoms with Crippen LogP contribution in [0.25, 0.3) is 0 Å². The highest BCUT2D eigenvalue weighted by Crippen LogP contribution is 1.93. The van der Waals surface area contributed by atoms with Gasteiger partial charge in [-0.2, -0.15) is 0 Å². The fourth-order valence-corrected chi connectivity index (χ4v) is 1.65. The van der Waals surface area contributed by atoms with E-state index >= 15 is 0 Å². The zero-order valence-corrected chi connectivity index (χ0v) is 15.1. The molecule has 0 radical (unpaired) electrons. The summed E-state index contributed by atoms with van der Waals surface area (Å²) in [6, 6.07) is -0.629. The maximum Gasteiger partial charge on any atom is 0.244 e. The highest BCUT2D eigenvalue weighted by Gasteiger charge is 2.13. The molecule has 0 aliphatic carbocycles. The minimum Gasteiger partial charge on any atom is -0.346 e. The van der Waals surface area contributed by atoms with Crippen LogP contribution in [0.15, 0.2) is 12.2 Å². The van der Waals surface area contributed by atoms with Crippen LogP contribution in [0.5, 0.6) is 0 Å². The van der Waals surface area contributed by atoms with Crippen LogP contribution in [0.4, 0.5) is 0 Å². The van der Waals surface area contributed by atoms with Crippen molar-refractivity contribution in [3.8, 4) is 0 Å². The van der Waals surface area contributed by atoms with E-state index in [1.165, 1.54) is 19.9 Å². The Morgan fingerprint density at radius 2 is 1.30 bits per heavy atom. The van der Waals surface area contributed by atoms with E-state index in [1.54, 1.807) is 19.9 Å². The number of carbonyl (C=O) groups excluding carboxylic acids is 4. The van der Waals surface area contributed by atoms with Crippen molar-refractivity contribution >= 4 is 23.4 Å². The van der Waals surface area contributed by atoms with Crippen molar-refractivity contribution < 1.29 is 19.2 Å². The van der Waals surface area contributed by atoms with E-state index in [0.29, 0.717) is 19.3 Å². The van der Waals surface area contributed by atoms with Gasteiger partial charge in [0.05, 0.1) is 12.1 Å². The Hall–Kier alpha value is -1.98. The molecule has 0 aliphatic heterocycles. The Morgan fingerprint density at radius 1 is 0.870 bits per heavy atom. The Kier molecular flexibility index (Phi) is 13.8. The first kappa shape index (κ1) is 23.3. The van der Waals surface area contributed by atoms with Gasteiger partial charge in [-0.15, -0.1) is 0 Å². The molecule has 2 atom stereocenters. The molecule has 23 heavy (non-hydrogen) atoms. The molecule has 6 heteroatoms. The molecule has 2 N–H and O–H groups in total. The second-order valence-corrected chi connectivity index (χ2v) is 5.07. The molecule has 0 rings (SSSR count). The van der Waals surface area contributed by atoms with Crippen molar-refractivity contribution in [3.63, 3.8) is 0 Å². The lowest BCUT2D eigenvalue weighted by Crippen LogP contribution is -2.38. The highest BCUT2D eigenvalue weighted by atomic mass is 16.2. The van der Waals surface area contributed by atoms with E-state index in [-0.39, 0.29) is 35.5 Å². The molecule has 132 valence electrons. The Labute approximate surface area is 139 Å². The summed E-state index contributed by atoms with van der Waals surface area (Å²) in [4.78, 5) is 43.5. The number of hydrogen-bond acceptors (Lipinski definition) is 4. The molecule has 0 saturated carbocycles. The van der Waals surface area contributed by atoms with E-state index in [2.05, 4.69) is 10.6 Å². The van der Waals surface area contributed by atoms with Gasteiger partial charge in [0, 0.05) is 6.42 Å². The molecule has 0 aliphatic rings. The lowest BCUT2D eigenvalue weighted by atomic mass is 10.1. The van der Waals surface area contributed by atoms with Gasteiger partial charge in [0.25, 0.3) is 0 Å². The Morgan fingerprint density at radius 3 is 1.61 bits per heavy atom. The van der Waals surface area contributed by atoms with Crippen molar-refractivity contribution in [3.05, 3.63) is 12.2 Å². The summed E-state index contributed by atoms with van der Waals surface area (Å²) in [6.07, 6.45) is 4.79. The quantitative estimate of drug-likeness (QED) is 0.667. The van der Waals surface area contributed by atoms with Crippen LogP contribution in [0.2, 0.25) is 0 Å². The van der Waals surface area contributed by atoms with Crippen LogP contribution in [0, 0.1) is 0 Å². The standard InChI is InChI=1S/C9H15NO2.C8H15NO2/c1-4-6-9(12)10-8(5-2)7(3)11;1-4-7(6(3)10)9-8(11)5-2/h4,6,8H,5H2,1-3H3,(H,10,12);7H,4-5H2,1-3H3,(H,9,11). The summed E-state index contributed by atoms with van der Waals surface area (Å²) in [5.74, 6) is -0.253. The predicted molar refractivity (Wildman–Crippen MR) is 90.9 cm³/mol. The van der Waals surface area contributed by atoms with E-state index in [4.69, 9.17) is 0 Å². The topological polar surface area (TPSA) is 92.3 Å². The monoisotopic (exact) mass is 326 g/mol. The van der Waals surface area contributed by atoms with Gasteiger partial charge in [-0.25, -0.2) is 0 Å². The van der Waals surface area contributed by atoms with Crippen molar-refractivity contribution in [2.75, 3.05) is 0 Å². The van der Waals surface area contributed by atoms with Crippen LogP contribution in [0.3, 0.4) is 0 Å². The first-order valence-electron chi connectivity index (χ1n) is 7.96.